The zero-order chi connectivity index (χ0) is 14.9. The van der Waals surface area contributed by atoms with E-state index in [4.69, 9.17) is 10.5 Å². The molecule has 2 atom stereocenters. The molecule has 4 N–H and O–H groups in total. The number of morpholine rings is 1. The maximum absolute atomic E-state index is 11.2. The Kier molecular flexibility index (Phi) is 4.15. The second kappa shape index (κ2) is 5.68. The van der Waals surface area contributed by atoms with Crippen molar-refractivity contribution in [3.8, 4) is 0 Å². The molecule has 2 rings (SSSR count). The number of aromatic carboxylic acids is 1. The van der Waals surface area contributed by atoms with E-state index >= 15 is 0 Å². The normalized spacial score (nSPS) is 22.9. The lowest BCUT2D eigenvalue weighted by Crippen LogP contribution is -2.48. The molecule has 0 amide bonds. The first-order valence-electron chi connectivity index (χ1n) is 6.57. The van der Waals surface area contributed by atoms with Crippen molar-refractivity contribution in [1.82, 2.24) is 0 Å². The number of hydrogen-bond acceptors (Lipinski definition) is 5. The van der Waals surface area contributed by atoms with E-state index in [0.717, 1.165) is 11.3 Å². The van der Waals surface area contributed by atoms with Crippen LogP contribution in [0.15, 0.2) is 12.1 Å². The fourth-order valence-electron chi connectivity index (χ4n) is 2.50. The molecule has 6 heteroatoms. The van der Waals surface area contributed by atoms with Gasteiger partial charge in [-0.05, 0) is 31.5 Å². The first kappa shape index (κ1) is 14.6. The highest BCUT2D eigenvalue weighted by Crippen LogP contribution is 2.27. The molecule has 0 aliphatic carbocycles. The number of ether oxygens (including phenoxy) is 1. The molecule has 1 fully saturated rings. The van der Waals surface area contributed by atoms with Crippen molar-refractivity contribution in [2.24, 2.45) is 0 Å². The molecule has 110 valence electrons. The first-order valence-corrected chi connectivity index (χ1v) is 6.57. The third kappa shape index (κ3) is 2.86. The number of nitrogens with zero attached hydrogens (tertiary/aromatic N) is 1. The molecule has 0 spiro atoms. The largest absolute Gasteiger partial charge is 0.478 e. The van der Waals surface area contributed by atoms with Crippen LogP contribution in [0.3, 0.4) is 0 Å². The molecule has 1 aromatic rings. The number of rotatable bonds is 3. The number of anilines is 2. The van der Waals surface area contributed by atoms with Crippen LogP contribution < -0.4 is 10.6 Å². The molecule has 1 aliphatic heterocycles. The van der Waals surface area contributed by atoms with Crippen LogP contribution in [0.2, 0.25) is 0 Å². The number of aryl methyl sites for hydroxylation is 1. The molecule has 6 nitrogen and oxygen atoms in total. The number of aliphatic hydroxyl groups is 1. The van der Waals surface area contributed by atoms with Gasteiger partial charge in [-0.2, -0.15) is 0 Å². The smallest absolute Gasteiger partial charge is 0.337 e. The van der Waals surface area contributed by atoms with Gasteiger partial charge in [0.1, 0.15) is 0 Å². The molecular weight excluding hydrogens is 260 g/mol. The first-order chi connectivity index (χ1) is 9.42. The van der Waals surface area contributed by atoms with E-state index in [-0.39, 0.29) is 24.4 Å². The molecule has 2 unspecified atom stereocenters. The molecule has 1 aromatic carbocycles. The van der Waals surface area contributed by atoms with Crippen LogP contribution >= 0.6 is 0 Å². The molecule has 20 heavy (non-hydrogen) atoms. The SMILES string of the molecule is Cc1cc(N2CC(C)OC(CO)C2)cc(C(=O)O)c1N. The Balaban J connectivity index is 2.34. The van der Waals surface area contributed by atoms with E-state index < -0.39 is 5.97 Å². The molecule has 0 bridgehead atoms. The highest BCUT2D eigenvalue weighted by atomic mass is 16.5. The molecule has 0 saturated carbocycles. The standard InChI is InChI=1S/C14H20N2O4/c1-8-3-10(4-12(13(8)15)14(18)19)16-5-9(2)20-11(6-16)7-17/h3-4,9,11,17H,5-7,15H2,1-2H3,(H,18,19). The minimum Gasteiger partial charge on any atom is -0.478 e. The van der Waals surface area contributed by atoms with Gasteiger partial charge in [0.25, 0.3) is 0 Å². The molecule has 1 saturated heterocycles. The summed E-state index contributed by atoms with van der Waals surface area (Å²) in [5, 5.41) is 18.4. The molecular formula is C14H20N2O4. The quantitative estimate of drug-likeness (QED) is 0.711. The van der Waals surface area contributed by atoms with Gasteiger partial charge in [-0.15, -0.1) is 0 Å². The Bertz CT molecular complexity index is 518. The summed E-state index contributed by atoms with van der Waals surface area (Å²) >= 11 is 0. The highest BCUT2D eigenvalue weighted by molar-refractivity contribution is 5.95. The Morgan fingerprint density at radius 3 is 2.80 bits per heavy atom. The van der Waals surface area contributed by atoms with E-state index in [1.165, 1.54) is 0 Å². The van der Waals surface area contributed by atoms with Gasteiger partial charge in [0, 0.05) is 24.5 Å². The fraction of sp³-hybridized carbons (Fsp3) is 0.500. The van der Waals surface area contributed by atoms with Gasteiger partial charge < -0.3 is 25.6 Å². The van der Waals surface area contributed by atoms with E-state index in [2.05, 4.69) is 0 Å². The summed E-state index contributed by atoms with van der Waals surface area (Å²) in [6, 6.07) is 3.45. The van der Waals surface area contributed by atoms with Crippen LogP contribution in [0, 0.1) is 6.92 Å². The van der Waals surface area contributed by atoms with Gasteiger partial charge in [0.15, 0.2) is 0 Å². The number of carboxylic acid groups (broad SMARTS) is 1. The van der Waals surface area contributed by atoms with Gasteiger partial charge in [0.2, 0.25) is 0 Å². The topological polar surface area (TPSA) is 96.0 Å². The Morgan fingerprint density at radius 1 is 1.50 bits per heavy atom. The minimum absolute atomic E-state index is 0.0213. The van der Waals surface area contributed by atoms with Crippen molar-refractivity contribution in [2.75, 3.05) is 30.3 Å². The third-order valence-electron chi connectivity index (χ3n) is 3.50. The van der Waals surface area contributed by atoms with Gasteiger partial charge in [-0.3, -0.25) is 0 Å². The number of carboxylic acids is 1. The van der Waals surface area contributed by atoms with Crippen LogP contribution in [-0.4, -0.2) is 48.1 Å². The molecule has 0 radical (unpaired) electrons. The van der Waals surface area contributed by atoms with Crippen LogP contribution in [0.25, 0.3) is 0 Å². The monoisotopic (exact) mass is 280 g/mol. The summed E-state index contributed by atoms with van der Waals surface area (Å²) in [5.74, 6) is -1.03. The van der Waals surface area contributed by atoms with E-state index in [0.29, 0.717) is 18.8 Å². The fourth-order valence-corrected chi connectivity index (χ4v) is 2.50. The molecule has 1 heterocycles. The molecule has 0 aromatic heterocycles. The minimum atomic E-state index is -1.03. The zero-order valence-electron chi connectivity index (χ0n) is 11.7. The van der Waals surface area contributed by atoms with Crippen molar-refractivity contribution in [1.29, 1.82) is 0 Å². The summed E-state index contributed by atoms with van der Waals surface area (Å²) in [5.41, 5.74) is 7.73. The van der Waals surface area contributed by atoms with Gasteiger partial charge >= 0.3 is 5.97 Å². The second-order valence-electron chi connectivity index (χ2n) is 5.19. The predicted molar refractivity (Wildman–Crippen MR) is 76.2 cm³/mol. The van der Waals surface area contributed by atoms with Gasteiger partial charge in [-0.1, -0.05) is 0 Å². The number of benzene rings is 1. The lowest BCUT2D eigenvalue weighted by atomic mass is 10.1. The van der Waals surface area contributed by atoms with Gasteiger partial charge in [-0.25, -0.2) is 4.79 Å². The Morgan fingerprint density at radius 2 is 2.20 bits per heavy atom. The van der Waals surface area contributed by atoms with E-state index in [9.17, 15) is 15.0 Å². The lowest BCUT2D eigenvalue weighted by Gasteiger charge is -2.37. The van der Waals surface area contributed by atoms with Gasteiger partial charge in [0.05, 0.1) is 24.4 Å². The maximum Gasteiger partial charge on any atom is 0.337 e. The second-order valence-corrected chi connectivity index (χ2v) is 5.19. The van der Waals surface area contributed by atoms with Crippen molar-refractivity contribution < 1.29 is 19.7 Å². The molecule has 1 aliphatic rings. The zero-order valence-corrected chi connectivity index (χ0v) is 11.7. The average Bonchev–Trinajstić information content (AvgIpc) is 2.40. The Hall–Kier alpha value is -1.79. The highest BCUT2D eigenvalue weighted by Gasteiger charge is 2.26. The summed E-state index contributed by atoms with van der Waals surface area (Å²) in [4.78, 5) is 13.3. The number of carbonyl (C=O) groups is 1. The van der Waals surface area contributed by atoms with Crippen molar-refractivity contribution in [2.45, 2.75) is 26.1 Å². The van der Waals surface area contributed by atoms with Crippen LogP contribution in [0.4, 0.5) is 11.4 Å². The summed E-state index contributed by atoms with van der Waals surface area (Å²) in [6.45, 7) is 4.85. The van der Waals surface area contributed by atoms with Crippen LogP contribution in [0.1, 0.15) is 22.8 Å². The lowest BCUT2D eigenvalue weighted by molar-refractivity contribution is -0.0421. The van der Waals surface area contributed by atoms with Crippen LogP contribution in [-0.2, 0) is 4.74 Å². The average molecular weight is 280 g/mol. The number of nitrogen functional groups attached to an aromatic ring is 1. The van der Waals surface area contributed by atoms with Crippen molar-refractivity contribution in [3.05, 3.63) is 23.3 Å². The number of hydrogen-bond donors (Lipinski definition) is 3. The Labute approximate surface area is 117 Å². The predicted octanol–water partition coefficient (Wildman–Crippen LogP) is 0.861. The maximum atomic E-state index is 11.2. The third-order valence-corrected chi connectivity index (χ3v) is 3.50. The van der Waals surface area contributed by atoms with Crippen LogP contribution in [0.5, 0.6) is 0 Å². The van der Waals surface area contributed by atoms with E-state index in [1.54, 1.807) is 13.0 Å². The number of aliphatic hydroxyl groups excluding tert-OH is 1. The van der Waals surface area contributed by atoms with Crippen molar-refractivity contribution >= 4 is 17.3 Å². The van der Waals surface area contributed by atoms with Crippen molar-refractivity contribution in [3.63, 3.8) is 0 Å². The number of nitrogens with two attached hydrogens (primary N) is 1. The summed E-state index contributed by atoms with van der Waals surface area (Å²) in [7, 11) is 0. The summed E-state index contributed by atoms with van der Waals surface area (Å²) < 4.78 is 5.59. The summed E-state index contributed by atoms with van der Waals surface area (Å²) in [6.07, 6.45) is -0.281. The van der Waals surface area contributed by atoms with E-state index in [1.807, 2.05) is 17.9 Å².